The SMILES string of the molecule is CCOC(=O)CN1CCOc2cc(OCCCNc3cccc[n+]3O)ccc2C1. The average Bonchev–Trinajstić information content (AvgIpc) is 2.90. The molecule has 0 unspecified atom stereocenters. The fourth-order valence-corrected chi connectivity index (χ4v) is 3.07. The van der Waals surface area contributed by atoms with Gasteiger partial charge in [0.1, 0.15) is 24.3 Å². The topological polar surface area (TPSA) is 84.1 Å². The smallest absolute Gasteiger partial charge is 0.320 e. The van der Waals surface area contributed by atoms with Crippen LogP contribution in [0.1, 0.15) is 18.9 Å². The van der Waals surface area contributed by atoms with Gasteiger partial charge in [-0.3, -0.25) is 15.0 Å². The number of carbonyl (C=O) groups is 1. The quantitative estimate of drug-likeness (QED) is 0.287. The first-order valence-corrected chi connectivity index (χ1v) is 9.86. The molecular formula is C21H28N3O5+. The molecule has 1 aliphatic heterocycles. The predicted molar refractivity (Wildman–Crippen MR) is 106 cm³/mol. The van der Waals surface area contributed by atoms with E-state index in [1.807, 2.05) is 29.2 Å². The average molecular weight is 402 g/mol. The summed E-state index contributed by atoms with van der Waals surface area (Å²) in [4.78, 5) is 13.7. The van der Waals surface area contributed by atoms with E-state index in [1.165, 1.54) is 0 Å². The van der Waals surface area contributed by atoms with Gasteiger partial charge in [-0.25, -0.2) is 0 Å². The van der Waals surface area contributed by atoms with Gasteiger partial charge in [0.2, 0.25) is 0 Å². The zero-order valence-corrected chi connectivity index (χ0v) is 16.7. The van der Waals surface area contributed by atoms with Gasteiger partial charge in [0.15, 0.2) is 0 Å². The number of esters is 1. The summed E-state index contributed by atoms with van der Waals surface area (Å²) in [6.07, 6.45) is 2.35. The summed E-state index contributed by atoms with van der Waals surface area (Å²) < 4.78 is 17.8. The molecule has 29 heavy (non-hydrogen) atoms. The van der Waals surface area contributed by atoms with Crippen molar-refractivity contribution in [2.24, 2.45) is 0 Å². The van der Waals surface area contributed by atoms with Gasteiger partial charge in [0.25, 0.3) is 0 Å². The van der Waals surface area contributed by atoms with Crippen LogP contribution in [-0.4, -0.2) is 55.5 Å². The molecule has 1 aromatic heterocycles. The van der Waals surface area contributed by atoms with Crippen LogP contribution in [0.15, 0.2) is 42.6 Å². The maximum atomic E-state index is 11.7. The van der Waals surface area contributed by atoms with Gasteiger partial charge < -0.3 is 19.4 Å². The van der Waals surface area contributed by atoms with Gasteiger partial charge >= 0.3 is 11.8 Å². The largest absolute Gasteiger partial charge is 0.493 e. The van der Waals surface area contributed by atoms with Crippen LogP contribution in [0.4, 0.5) is 5.82 Å². The van der Waals surface area contributed by atoms with E-state index in [4.69, 9.17) is 14.2 Å². The number of hydrogen-bond donors (Lipinski definition) is 2. The van der Waals surface area contributed by atoms with Crippen molar-refractivity contribution in [2.45, 2.75) is 19.9 Å². The maximum Gasteiger partial charge on any atom is 0.320 e. The molecule has 2 aromatic rings. The Morgan fingerprint density at radius 1 is 1.34 bits per heavy atom. The van der Waals surface area contributed by atoms with Crippen molar-refractivity contribution >= 4 is 11.8 Å². The van der Waals surface area contributed by atoms with Crippen LogP contribution in [0.25, 0.3) is 0 Å². The van der Waals surface area contributed by atoms with E-state index in [0.29, 0.717) is 45.3 Å². The Kier molecular flexibility index (Phi) is 7.52. The van der Waals surface area contributed by atoms with Crippen LogP contribution >= 0.6 is 0 Å². The number of fused-ring (bicyclic) bond motifs is 1. The molecule has 0 fully saturated rings. The number of anilines is 1. The molecule has 0 radical (unpaired) electrons. The Bertz CT molecular complexity index is 815. The van der Waals surface area contributed by atoms with Crippen molar-refractivity contribution in [2.75, 3.05) is 44.8 Å². The number of hydrogen-bond acceptors (Lipinski definition) is 7. The van der Waals surface area contributed by atoms with E-state index in [0.717, 1.165) is 28.2 Å². The molecule has 2 heterocycles. The Morgan fingerprint density at radius 2 is 2.24 bits per heavy atom. The molecule has 1 aromatic carbocycles. The summed E-state index contributed by atoms with van der Waals surface area (Å²) in [7, 11) is 0. The molecule has 3 rings (SSSR count). The fraction of sp³-hybridized carbons (Fsp3) is 0.429. The molecule has 1 aliphatic rings. The Hall–Kier alpha value is -3.00. The highest BCUT2D eigenvalue weighted by Crippen LogP contribution is 2.28. The third-order valence-electron chi connectivity index (χ3n) is 4.49. The number of nitrogens with zero attached hydrogens (tertiary/aromatic N) is 2. The van der Waals surface area contributed by atoms with Crippen molar-refractivity contribution in [1.29, 1.82) is 0 Å². The summed E-state index contributed by atoms with van der Waals surface area (Å²) in [5.41, 5.74) is 1.03. The summed E-state index contributed by atoms with van der Waals surface area (Å²) in [6.45, 7) is 5.49. The van der Waals surface area contributed by atoms with E-state index >= 15 is 0 Å². The molecule has 8 heteroatoms. The monoisotopic (exact) mass is 402 g/mol. The molecular weight excluding hydrogens is 374 g/mol. The number of aromatic nitrogens is 1. The molecule has 0 bridgehead atoms. The normalized spacial score (nSPS) is 13.7. The molecule has 2 N–H and O–H groups in total. The van der Waals surface area contributed by atoms with Gasteiger partial charge in [0.05, 0.1) is 26.3 Å². The van der Waals surface area contributed by atoms with Crippen LogP contribution in [0, 0.1) is 0 Å². The highest BCUT2D eigenvalue weighted by molar-refractivity contribution is 5.71. The summed E-state index contributed by atoms with van der Waals surface area (Å²) in [5.74, 6) is 1.96. The lowest BCUT2D eigenvalue weighted by atomic mass is 10.2. The number of rotatable bonds is 9. The first-order valence-electron chi connectivity index (χ1n) is 9.86. The Labute approximate surface area is 170 Å². The second-order valence-electron chi connectivity index (χ2n) is 6.69. The van der Waals surface area contributed by atoms with Gasteiger partial charge in [-0.2, -0.15) is 0 Å². The van der Waals surface area contributed by atoms with Crippen LogP contribution < -0.4 is 19.5 Å². The van der Waals surface area contributed by atoms with Crippen LogP contribution in [-0.2, 0) is 16.1 Å². The summed E-state index contributed by atoms with van der Waals surface area (Å²) in [6, 6.07) is 11.2. The third kappa shape index (κ3) is 6.25. The lowest BCUT2D eigenvalue weighted by molar-refractivity contribution is -0.893. The lowest BCUT2D eigenvalue weighted by Crippen LogP contribution is -2.33. The third-order valence-corrected chi connectivity index (χ3v) is 4.49. The molecule has 8 nitrogen and oxygen atoms in total. The van der Waals surface area contributed by atoms with E-state index in [1.54, 1.807) is 25.3 Å². The zero-order chi connectivity index (χ0) is 20.5. The van der Waals surface area contributed by atoms with E-state index in [2.05, 4.69) is 5.32 Å². The van der Waals surface area contributed by atoms with Crippen LogP contribution in [0.5, 0.6) is 11.5 Å². The summed E-state index contributed by atoms with van der Waals surface area (Å²) >= 11 is 0. The van der Waals surface area contributed by atoms with Gasteiger partial charge in [-0.05, 0) is 19.1 Å². The minimum atomic E-state index is -0.216. The molecule has 156 valence electrons. The van der Waals surface area contributed by atoms with Crippen molar-refractivity contribution in [3.63, 3.8) is 0 Å². The Morgan fingerprint density at radius 3 is 3.07 bits per heavy atom. The molecule has 0 aliphatic carbocycles. The Balaban J connectivity index is 1.46. The van der Waals surface area contributed by atoms with E-state index < -0.39 is 0 Å². The first kappa shape index (κ1) is 20.7. The van der Waals surface area contributed by atoms with Crippen molar-refractivity contribution in [1.82, 2.24) is 4.90 Å². The highest BCUT2D eigenvalue weighted by atomic mass is 16.5. The standard InChI is InChI=1S/C21H27N3O5/c1-2-27-21(25)16-23-11-13-29-19-14-18(8-7-17(19)15-23)28-12-5-9-22-20-6-3-4-10-24(20)26/h3-4,6-8,10,14,26H,2,5,9,11-13,15-16H2,1H3/p+1. The summed E-state index contributed by atoms with van der Waals surface area (Å²) in [5, 5.41) is 12.8. The van der Waals surface area contributed by atoms with Crippen LogP contribution in [0.3, 0.4) is 0 Å². The van der Waals surface area contributed by atoms with Crippen molar-refractivity contribution in [3.8, 4) is 11.5 Å². The lowest BCUT2D eigenvalue weighted by Gasteiger charge is -2.17. The second kappa shape index (κ2) is 10.5. The molecule has 0 saturated carbocycles. The van der Waals surface area contributed by atoms with Crippen LogP contribution in [0.2, 0.25) is 0 Å². The number of nitrogens with one attached hydrogen (secondary N) is 1. The van der Waals surface area contributed by atoms with Crippen molar-refractivity contribution in [3.05, 3.63) is 48.2 Å². The van der Waals surface area contributed by atoms with Gasteiger partial charge in [-0.1, -0.05) is 16.9 Å². The van der Waals surface area contributed by atoms with E-state index in [-0.39, 0.29) is 12.5 Å². The fourth-order valence-electron chi connectivity index (χ4n) is 3.07. The van der Waals surface area contributed by atoms with Gasteiger partial charge in [0, 0.05) is 37.2 Å². The number of benzene rings is 1. The van der Waals surface area contributed by atoms with E-state index in [9.17, 15) is 10.0 Å². The molecule has 0 atom stereocenters. The van der Waals surface area contributed by atoms with Crippen molar-refractivity contribution < 1.29 is 28.9 Å². The second-order valence-corrected chi connectivity index (χ2v) is 6.69. The zero-order valence-electron chi connectivity index (χ0n) is 16.7. The predicted octanol–water partition coefficient (Wildman–Crippen LogP) is 1.85. The first-order chi connectivity index (χ1) is 14.2. The molecule has 0 amide bonds. The maximum absolute atomic E-state index is 11.7. The molecule has 0 saturated heterocycles. The molecule has 0 spiro atoms. The number of carbonyl (C=O) groups excluding carboxylic acids is 1. The number of ether oxygens (including phenoxy) is 3. The minimum Gasteiger partial charge on any atom is -0.493 e. The minimum absolute atomic E-state index is 0.216. The highest BCUT2D eigenvalue weighted by Gasteiger charge is 2.18. The van der Waals surface area contributed by atoms with Gasteiger partial charge in [-0.15, -0.1) is 0 Å². The number of pyridine rings is 1.